The minimum absolute atomic E-state index is 0.0797. The van der Waals surface area contributed by atoms with E-state index in [1.54, 1.807) is 9.42 Å². The lowest BCUT2D eigenvalue weighted by molar-refractivity contribution is -0.140. The summed E-state index contributed by atoms with van der Waals surface area (Å²) in [6.07, 6.45) is 7.98. The molecule has 1 atom stereocenters. The lowest BCUT2D eigenvalue weighted by Gasteiger charge is -2.39. The fraction of sp³-hybridized carbons (Fsp3) is 0.516. The van der Waals surface area contributed by atoms with E-state index >= 15 is 0 Å². The smallest absolute Gasteiger partial charge is 0.250 e. The standard InChI is InChI=1S/C31H41N7O3/c1-23(2)11-16-37-20-28(39)35-31(13-7-9-25-8-3-4-10-26(25)31)30(41)32-14-5-6-15-36(21-29(37)40)19-24-12-17-38-27(18-24)33-22-34-38/h3-4,8,10,12,17-18,22-23H,5-7,9,11,13-16,19-21H2,1-2H3,(H,32,41)(H,35,39). The van der Waals surface area contributed by atoms with Crippen molar-refractivity contribution in [2.24, 2.45) is 5.92 Å². The highest BCUT2D eigenvalue weighted by molar-refractivity contribution is 5.94. The summed E-state index contributed by atoms with van der Waals surface area (Å²) < 4.78 is 1.71. The van der Waals surface area contributed by atoms with Crippen molar-refractivity contribution in [1.82, 2.24) is 35.0 Å². The molecule has 10 heteroatoms. The van der Waals surface area contributed by atoms with Gasteiger partial charge in [-0.2, -0.15) is 5.10 Å². The quantitative estimate of drug-likeness (QED) is 0.497. The SMILES string of the molecule is CC(C)CCN1CC(=O)NC2(CCCc3ccccc32)C(=O)NCCCCN(Cc2ccn3ncnc3c2)CC1=O. The third-order valence-electron chi connectivity index (χ3n) is 8.18. The number of rotatable bonds is 5. The molecule has 0 radical (unpaired) electrons. The molecule has 3 heterocycles. The highest BCUT2D eigenvalue weighted by Gasteiger charge is 2.44. The third kappa shape index (κ3) is 6.75. The fourth-order valence-corrected chi connectivity index (χ4v) is 5.95. The van der Waals surface area contributed by atoms with Crippen molar-refractivity contribution in [3.8, 4) is 0 Å². The molecule has 3 amide bonds. The molecule has 3 aromatic rings. The van der Waals surface area contributed by atoms with Crippen LogP contribution in [0.4, 0.5) is 0 Å². The summed E-state index contributed by atoms with van der Waals surface area (Å²) in [4.78, 5) is 49.2. The maximum atomic E-state index is 13.8. The topological polar surface area (TPSA) is 112 Å². The normalized spacial score (nSPS) is 21.5. The van der Waals surface area contributed by atoms with Crippen molar-refractivity contribution >= 4 is 23.4 Å². The first-order valence-electron chi connectivity index (χ1n) is 14.8. The second-order valence-corrected chi connectivity index (χ2v) is 11.7. The van der Waals surface area contributed by atoms with Crippen LogP contribution in [0.5, 0.6) is 0 Å². The fourth-order valence-electron chi connectivity index (χ4n) is 5.95. The van der Waals surface area contributed by atoms with Gasteiger partial charge in [-0.05, 0) is 79.8 Å². The lowest BCUT2D eigenvalue weighted by Crippen LogP contribution is -2.60. The number of carbonyl (C=O) groups excluding carboxylic acids is 3. The second-order valence-electron chi connectivity index (χ2n) is 11.7. The number of benzene rings is 1. The van der Waals surface area contributed by atoms with Gasteiger partial charge in [0.05, 0.1) is 13.1 Å². The molecule has 2 aliphatic rings. The molecule has 1 aromatic carbocycles. The van der Waals surface area contributed by atoms with Gasteiger partial charge in [-0.15, -0.1) is 0 Å². The molecular formula is C31H41N7O3. The Hall–Kier alpha value is -3.79. The van der Waals surface area contributed by atoms with E-state index in [4.69, 9.17) is 0 Å². The van der Waals surface area contributed by atoms with E-state index in [2.05, 4.69) is 39.5 Å². The van der Waals surface area contributed by atoms with Crippen LogP contribution in [-0.4, -0.2) is 74.8 Å². The van der Waals surface area contributed by atoms with Gasteiger partial charge in [-0.1, -0.05) is 38.1 Å². The first kappa shape index (κ1) is 28.7. The minimum Gasteiger partial charge on any atom is -0.354 e. The van der Waals surface area contributed by atoms with Crippen molar-refractivity contribution in [3.05, 3.63) is 65.6 Å². The van der Waals surface area contributed by atoms with Gasteiger partial charge in [0, 0.05) is 25.8 Å². The minimum atomic E-state index is -1.13. The van der Waals surface area contributed by atoms with E-state index in [0.717, 1.165) is 54.4 Å². The van der Waals surface area contributed by atoms with Gasteiger partial charge in [0.15, 0.2) is 5.65 Å². The van der Waals surface area contributed by atoms with E-state index in [9.17, 15) is 14.4 Å². The average molecular weight is 560 g/mol. The third-order valence-corrected chi connectivity index (χ3v) is 8.18. The summed E-state index contributed by atoms with van der Waals surface area (Å²) in [6, 6.07) is 11.9. The summed E-state index contributed by atoms with van der Waals surface area (Å²) in [5.74, 6) is -0.181. The summed E-state index contributed by atoms with van der Waals surface area (Å²) in [5.41, 5.74) is 2.61. The molecule has 1 unspecified atom stereocenters. The predicted octanol–water partition coefficient (Wildman–Crippen LogP) is 2.66. The Morgan fingerprint density at radius 3 is 2.76 bits per heavy atom. The van der Waals surface area contributed by atoms with E-state index in [-0.39, 0.29) is 30.8 Å². The Balaban J connectivity index is 1.39. The van der Waals surface area contributed by atoms with Crippen molar-refractivity contribution in [1.29, 1.82) is 0 Å². The molecule has 10 nitrogen and oxygen atoms in total. The maximum Gasteiger partial charge on any atom is 0.250 e. The number of nitrogens with zero attached hydrogens (tertiary/aromatic N) is 5. The largest absolute Gasteiger partial charge is 0.354 e. The number of fused-ring (bicyclic) bond motifs is 3. The number of hydrogen-bond acceptors (Lipinski definition) is 6. The first-order valence-corrected chi connectivity index (χ1v) is 14.8. The molecule has 1 spiro atoms. The van der Waals surface area contributed by atoms with Gasteiger partial charge in [0.25, 0.3) is 0 Å². The second kappa shape index (κ2) is 12.8. The predicted molar refractivity (Wildman–Crippen MR) is 156 cm³/mol. The van der Waals surface area contributed by atoms with Crippen LogP contribution in [0.15, 0.2) is 48.9 Å². The molecule has 0 saturated carbocycles. The van der Waals surface area contributed by atoms with Gasteiger partial charge in [0.2, 0.25) is 17.7 Å². The van der Waals surface area contributed by atoms with Gasteiger partial charge in [-0.3, -0.25) is 19.3 Å². The van der Waals surface area contributed by atoms with Crippen LogP contribution < -0.4 is 10.6 Å². The van der Waals surface area contributed by atoms with Crippen molar-refractivity contribution in [3.63, 3.8) is 0 Å². The van der Waals surface area contributed by atoms with Crippen LogP contribution >= 0.6 is 0 Å². The highest BCUT2D eigenvalue weighted by atomic mass is 16.2. The molecule has 2 aromatic heterocycles. The highest BCUT2D eigenvalue weighted by Crippen LogP contribution is 2.36. The number of aromatic nitrogens is 3. The van der Waals surface area contributed by atoms with Crippen LogP contribution in [-0.2, 0) is 32.9 Å². The van der Waals surface area contributed by atoms with Crippen LogP contribution in [0.25, 0.3) is 5.65 Å². The van der Waals surface area contributed by atoms with Crippen LogP contribution in [0, 0.1) is 5.92 Å². The lowest BCUT2D eigenvalue weighted by atomic mass is 9.75. The molecule has 41 heavy (non-hydrogen) atoms. The molecule has 1 aliphatic carbocycles. The molecule has 1 saturated heterocycles. The number of aryl methyl sites for hydroxylation is 1. The molecule has 2 N–H and O–H groups in total. The Kier molecular flexibility index (Phi) is 8.97. The molecule has 0 bridgehead atoms. The Bertz CT molecular complexity index is 1390. The van der Waals surface area contributed by atoms with Crippen LogP contribution in [0.3, 0.4) is 0 Å². The maximum absolute atomic E-state index is 13.8. The Morgan fingerprint density at radius 1 is 1.05 bits per heavy atom. The van der Waals surface area contributed by atoms with E-state index in [1.807, 2.05) is 42.6 Å². The molecule has 218 valence electrons. The van der Waals surface area contributed by atoms with Gasteiger partial charge in [0.1, 0.15) is 11.9 Å². The van der Waals surface area contributed by atoms with E-state index in [0.29, 0.717) is 38.5 Å². The van der Waals surface area contributed by atoms with Crippen molar-refractivity contribution in [2.75, 3.05) is 32.7 Å². The molecule has 1 fully saturated rings. The number of nitrogens with one attached hydrogen (secondary N) is 2. The van der Waals surface area contributed by atoms with Crippen molar-refractivity contribution < 1.29 is 14.4 Å². The van der Waals surface area contributed by atoms with Gasteiger partial charge >= 0.3 is 0 Å². The molecule has 1 aliphatic heterocycles. The number of amides is 3. The van der Waals surface area contributed by atoms with E-state index < -0.39 is 5.54 Å². The zero-order valence-corrected chi connectivity index (χ0v) is 24.1. The zero-order chi connectivity index (χ0) is 28.8. The van der Waals surface area contributed by atoms with E-state index in [1.165, 1.54) is 6.33 Å². The summed E-state index contributed by atoms with van der Waals surface area (Å²) in [5, 5.41) is 10.4. The van der Waals surface area contributed by atoms with Gasteiger partial charge in [-0.25, -0.2) is 9.50 Å². The summed E-state index contributed by atoms with van der Waals surface area (Å²) in [6.45, 7) is 6.61. The average Bonchev–Trinajstić information content (AvgIpc) is 3.42. The van der Waals surface area contributed by atoms with Crippen molar-refractivity contribution in [2.45, 2.75) is 64.5 Å². The molecule has 5 rings (SSSR count). The monoisotopic (exact) mass is 559 g/mol. The summed E-state index contributed by atoms with van der Waals surface area (Å²) >= 11 is 0. The number of pyridine rings is 1. The van der Waals surface area contributed by atoms with Gasteiger partial charge < -0.3 is 15.5 Å². The van der Waals surface area contributed by atoms with Crippen LogP contribution in [0.2, 0.25) is 0 Å². The number of hydrogen-bond donors (Lipinski definition) is 2. The molecular weight excluding hydrogens is 518 g/mol. The Morgan fingerprint density at radius 2 is 1.90 bits per heavy atom. The Labute approximate surface area is 241 Å². The first-order chi connectivity index (χ1) is 19.8. The summed E-state index contributed by atoms with van der Waals surface area (Å²) in [7, 11) is 0. The number of carbonyl (C=O) groups is 3. The zero-order valence-electron chi connectivity index (χ0n) is 24.1. The van der Waals surface area contributed by atoms with Crippen LogP contribution in [0.1, 0.15) is 62.6 Å².